The monoisotopic (exact) mass is 215 g/mol. The lowest BCUT2D eigenvalue weighted by Crippen LogP contribution is -2.30. The number of hydrogen-bond donors (Lipinski definition) is 2. The molecule has 1 atom stereocenters. The number of nitrogens with one attached hydrogen (secondary N) is 1. The van der Waals surface area contributed by atoms with E-state index in [1.54, 1.807) is 7.11 Å². The molecule has 0 heterocycles. The zero-order valence-electron chi connectivity index (χ0n) is 9.87. The molecule has 1 aliphatic rings. The van der Waals surface area contributed by atoms with Crippen molar-refractivity contribution in [3.8, 4) is 0 Å². The Labute approximate surface area is 93.2 Å². The molecular formula is C12H25NO2. The summed E-state index contributed by atoms with van der Waals surface area (Å²) < 4.78 is 4.85. The summed E-state index contributed by atoms with van der Waals surface area (Å²) in [5.41, 5.74) is 0. The van der Waals surface area contributed by atoms with Crippen LogP contribution < -0.4 is 5.32 Å². The molecule has 1 unspecified atom stereocenters. The average molecular weight is 215 g/mol. The van der Waals surface area contributed by atoms with Crippen LogP contribution in [0.25, 0.3) is 0 Å². The fourth-order valence-electron chi connectivity index (χ4n) is 2.33. The first-order valence-corrected chi connectivity index (χ1v) is 6.20. The maximum Gasteiger partial charge on any atom is 0.0897 e. The van der Waals surface area contributed by atoms with E-state index in [9.17, 15) is 5.11 Å². The van der Waals surface area contributed by atoms with Gasteiger partial charge in [-0.25, -0.2) is 0 Å². The molecule has 0 spiro atoms. The molecule has 0 saturated heterocycles. The molecule has 0 bridgehead atoms. The summed E-state index contributed by atoms with van der Waals surface area (Å²) in [5, 5.41) is 12.6. The minimum absolute atomic E-state index is 0.360. The highest BCUT2D eigenvalue weighted by Crippen LogP contribution is 2.28. The first-order valence-electron chi connectivity index (χ1n) is 6.20. The number of rotatable bonds is 8. The maximum atomic E-state index is 9.37. The Bertz CT molecular complexity index is 147. The van der Waals surface area contributed by atoms with Gasteiger partial charge in [-0.1, -0.05) is 25.7 Å². The fourth-order valence-corrected chi connectivity index (χ4v) is 2.33. The Kier molecular flexibility index (Phi) is 6.98. The van der Waals surface area contributed by atoms with Crippen LogP contribution in [-0.4, -0.2) is 38.0 Å². The summed E-state index contributed by atoms with van der Waals surface area (Å²) in [4.78, 5) is 0. The average Bonchev–Trinajstić information content (AvgIpc) is 2.70. The Balaban J connectivity index is 1.84. The lowest BCUT2D eigenvalue weighted by Gasteiger charge is -2.12. The molecule has 0 aromatic heterocycles. The van der Waals surface area contributed by atoms with Gasteiger partial charge in [-0.3, -0.25) is 0 Å². The molecule has 0 radical (unpaired) electrons. The van der Waals surface area contributed by atoms with E-state index in [0.717, 1.165) is 12.5 Å². The van der Waals surface area contributed by atoms with Crippen molar-refractivity contribution < 1.29 is 9.84 Å². The molecule has 0 aliphatic heterocycles. The summed E-state index contributed by atoms with van der Waals surface area (Å²) in [7, 11) is 1.61. The second-order valence-electron chi connectivity index (χ2n) is 4.61. The van der Waals surface area contributed by atoms with E-state index in [1.807, 2.05) is 0 Å². The van der Waals surface area contributed by atoms with Crippen LogP contribution in [-0.2, 0) is 4.74 Å². The third kappa shape index (κ3) is 6.13. The minimum Gasteiger partial charge on any atom is -0.389 e. The van der Waals surface area contributed by atoms with Crippen LogP contribution in [0.1, 0.15) is 38.5 Å². The summed E-state index contributed by atoms with van der Waals surface area (Å²) in [6.07, 6.45) is 7.98. The molecule has 1 aliphatic carbocycles. The smallest absolute Gasteiger partial charge is 0.0897 e. The molecule has 0 aromatic rings. The first-order chi connectivity index (χ1) is 7.33. The van der Waals surface area contributed by atoms with Crippen LogP contribution in [0, 0.1) is 5.92 Å². The molecule has 1 rings (SSSR count). The third-order valence-corrected chi connectivity index (χ3v) is 3.18. The van der Waals surface area contributed by atoms with Crippen LogP contribution in [0.5, 0.6) is 0 Å². The normalized spacial score (nSPS) is 19.6. The summed E-state index contributed by atoms with van der Waals surface area (Å²) in [6.45, 7) is 2.10. The number of aliphatic hydroxyl groups excluding tert-OH is 1. The quantitative estimate of drug-likeness (QED) is 0.604. The van der Waals surface area contributed by atoms with Crippen molar-refractivity contribution in [2.24, 2.45) is 5.92 Å². The van der Waals surface area contributed by atoms with E-state index in [1.165, 1.54) is 38.5 Å². The van der Waals surface area contributed by atoms with Crippen molar-refractivity contribution in [3.63, 3.8) is 0 Å². The van der Waals surface area contributed by atoms with Gasteiger partial charge in [0.15, 0.2) is 0 Å². The van der Waals surface area contributed by atoms with Crippen LogP contribution in [0.2, 0.25) is 0 Å². The third-order valence-electron chi connectivity index (χ3n) is 3.18. The Morgan fingerprint density at radius 1 is 1.40 bits per heavy atom. The molecule has 0 aromatic carbocycles. The zero-order chi connectivity index (χ0) is 10.9. The van der Waals surface area contributed by atoms with Gasteiger partial charge in [-0.15, -0.1) is 0 Å². The van der Waals surface area contributed by atoms with E-state index in [4.69, 9.17) is 4.74 Å². The van der Waals surface area contributed by atoms with Gasteiger partial charge in [-0.2, -0.15) is 0 Å². The van der Waals surface area contributed by atoms with Gasteiger partial charge in [0.25, 0.3) is 0 Å². The van der Waals surface area contributed by atoms with E-state index in [0.29, 0.717) is 13.2 Å². The molecular weight excluding hydrogens is 190 g/mol. The van der Waals surface area contributed by atoms with Crippen LogP contribution in [0.15, 0.2) is 0 Å². The highest BCUT2D eigenvalue weighted by atomic mass is 16.5. The lowest BCUT2D eigenvalue weighted by molar-refractivity contribution is 0.0646. The topological polar surface area (TPSA) is 41.5 Å². The van der Waals surface area contributed by atoms with Gasteiger partial charge in [0, 0.05) is 13.7 Å². The van der Waals surface area contributed by atoms with Gasteiger partial charge >= 0.3 is 0 Å². The van der Waals surface area contributed by atoms with E-state index in [-0.39, 0.29) is 6.10 Å². The number of hydrogen-bond acceptors (Lipinski definition) is 3. The second-order valence-corrected chi connectivity index (χ2v) is 4.61. The second kappa shape index (κ2) is 8.08. The predicted molar refractivity (Wildman–Crippen MR) is 61.9 cm³/mol. The highest BCUT2D eigenvalue weighted by Gasteiger charge is 2.13. The number of aliphatic hydroxyl groups is 1. The van der Waals surface area contributed by atoms with E-state index >= 15 is 0 Å². The van der Waals surface area contributed by atoms with Crippen LogP contribution in [0.3, 0.4) is 0 Å². The van der Waals surface area contributed by atoms with Crippen molar-refractivity contribution in [2.75, 3.05) is 26.8 Å². The molecule has 3 nitrogen and oxygen atoms in total. The van der Waals surface area contributed by atoms with Crippen molar-refractivity contribution in [1.82, 2.24) is 5.32 Å². The molecule has 90 valence electrons. The van der Waals surface area contributed by atoms with Gasteiger partial charge in [0.2, 0.25) is 0 Å². The Hall–Kier alpha value is -0.120. The Morgan fingerprint density at radius 3 is 2.80 bits per heavy atom. The molecule has 1 saturated carbocycles. The van der Waals surface area contributed by atoms with Gasteiger partial charge in [0.1, 0.15) is 0 Å². The summed E-state index contributed by atoms with van der Waals surface area (Å²) in [5.74, 6) is 0.982. The van der Waals surface area contributed by atoms with Crippen molar-refractivity contribution in [2.45, 2.75) is 44.6 Å². The van der Waals surface area contributed by atoms with Crippen molar-refractivity contribution >= 4 is 0 Å². The molecule has 3 heteroatoms. The maximum absolute atomic E-state index is 9.37. The molecule has 15 heavy (non-hydrogen) atoms. The molecule has 2 N–H and O–H groups in total. The van der Waals surface area contributed by atoms with Crippen molar-refractivity contribution in [1.29, 1.82) is 0 Å². The molecule has 1 fully saturated rings. The lowest BCUT2D eigenvalue weighted by atomic mass is 10.0. The van der Waals surface area contributed by atoms with Crippen LogP contribution in [0.4, 0.5) is 0 Å². The van der Waals surface area contributed by atoms with Gasteiger partial charge < -0.3 is 15.2 Å². The van der Waals surface area contributed by atoms with Crippen molar-refractivity contribution in [3.05, 3.63) is 0 Å². The SMILES string of the molecule is COCC(O)CNCCCC1CCCC1. The first kappa shape index (κ1) is 12.9. The fraction of sp³-hybridized carbons (Fsp3) is 1.00. The predicted octanol–water partition coefficient (Wildman–Crippen LogP) is 1.55. The zero-order valence-corrected chi connectivity index (χ0v) is 9.87. The van der Waals surface area contributed by atoms with Gasteiger partial charge in [-0.05, 0) is 25.3 Å². The summed E-state index contributed by atoms with van der Waals surface area (Å²) >= 11 is 0. The summed E-state index contributed by atoms with van der Waals surface area (Å²) in [6, 6.07) is 0. The Morgan fingerprint density at radius 2 is 2.13 bits per heavy atom. The highest BCUT2D eigenvalue weighted by molar-refractivity contribution is 4.68. The molecule has 0 amide bonds. The largest absolute Gasteiger partial charge is 0.389 e. The van der Waals surface area contributed by atoms with E-state index in [2.05, 4.69) is 5.32 Å². The number of ether oxygens (including phenoxy) is 1. The van der Waals surface area contributed by atoms with E-state index < -0.39 is 0 Å². The van der Waals surface area contributed by atoms with Crippen LogP contribution >= 0.6 is 0 Å². The van der Waals surface area contributed by atoms with Gasteiger partial charge in [0.05, 0.1) is 12.7 Å². The minimum atomic E-state index is -0.360. The number of methoxy groups -OCH3 is 1. The standard InChI is InChI=1S/C12H25NO2/c1-15-10-12(14)9-13-8-4-7-11-5-2-3-6-11/h11-14H,2-10H2,1H3.